The highest BCUT2D eigenvalue weighted by atomic mass is 16.4. The molecule has 1 fully saturated rings. The van der Waals surface area contributed by atoms with Gasteiger partial charge in [-0.25, -0.2) is 4.98 Å². The van der Waals surface area contributed by atoms with E-state index in [0.29, 0.717) is 11.7 Å². The Bertz CT molecular complexity index is 327. The number of carboxylic acid groups (broad SMARTS) is 1. The lowest BCUT2D eigenvalue weighted by Gasteiger charge is -2.09. The Hall–Kier alpha value is -1.32. The summed E-state index contributed by atoms with van der Waals surface area (Å²) in [6.45, 7) is 0. The topological polar surface area (TPSA) is 55.1 Å². The molecule has 0 atom stereocenters. The molecule has 1 heterocycles. The van der Waals surface area contributed by atoms with Crippen molar-refractivity contribution in [2.24, 2.45) is 0 Å². The summed E-state index contributed by atoms with van der Waals surface area (Å²) in [5.74, 6) is -0.818. The minimum atomic E-state index is -0.818. The Morgan fingerprint density at radius 3 is 2.93 bits per heavy atom. The summed E-state index contributed by atoms with van der Waals surface area (Å²) >= 11 is 0. The fourth-order valence-corrected chi connectivity index (χ4v) is 2.03. The first-order chi connectivity index (χ1) is 6.75. The van der Waals surface area contributed by atoms with Crippen molar-refractivity contribution in [3.63, 3.8) is 0 Å². The summed E-state index contributed by atoms with van der Waals surface area (Å²) < 4.78 is 2.06. The molecule has 0 unspecified atom stereocenters. The third-order valence-electron chi connectivity index (χ3n) is 2.73. The van der Waals surface area contributed by atoms with Crippen LogP contribution in [0, 0.1) is 0 Å². The van der Waals surface area contributed by atoms with Crippen LogP contribution in [0.4, 0.5) is 0 Å². The zero-order valence-electron chi connectivity index (χ0n) is 8.02. The second-order valence-electron chi connectivity index (χ2n) is 3.82. The summed E-state index contributed by atoms with van der Waals surface area (Å²) in [7, 11) is 0. The first kappa shape index (κ1) is 9.24. The maximum Gasteiger partial charge on any atom is 0.309 e. The van der Waals surface area contributed by atoms with Crippen molar-refractivity contribution in [3.8, 4) is 0 Å². The van der Waals surface area contributed by atoms with Crippen LogP contribution in [0.5, 0.6) is 0 Å². The number of hydrogen-bond acceptors (Lipinski definition) is 2. The van der Waals surface area contributed by atoms with E-state index in [-0.39, 0.29) is 6.42 Å². The minimum absolute atomic E-state index is 0.0275. The Labute approximate surface area is 82.6 Å². The molecule has 0 spiro atoms. The number of aromatic nitrogens is 2. The van der Waals surface area contributed by atoms with Crippen molar-refractivity contribution in [2.75, 3.05) is 0 Å². The lowest BCUT2D eigenvalue weighted by atomic mass is 10.2. The molecule has 2 rings (SSSR count). The second kappa shape index (κ2) is 3.82. The molecule has 0 aliphatic heterocycles. The summed E-state index contributed by atoms with van der Waals surface area (Å²) in [4.78, 5) is 14.5. The van der Waals surface area contributed by atoms with E-state index in [1.807, 2.05) is 6.20 Å². The van der Waals surface area contributed by atoms with Crippen molar-refractivity contribution < 1.29 is 9.90 Å². The van der Waals surface area contributed by atoms with Crippen LogP contribution in [-0.4, -0.2) is 20.6 Å². The molecule has 0 saturated heterocycles. The van der Waals surface area contributed by atoms with Gasteiger partial charge >= 0.3 is 5.97 Å². The van der Waals surface area contributed by atoms with Gasteiger partial charge in [0.05, 0.1) is 18.4 Å². The third kappa shape index (κ3) is 1.95. The molecule has 1 N–H and O–H groups in total. The number of hydrogen-bond donors (Lipinski definition) is 1. The maximum absolute atomic E-state index is 10.4. The molecule has 4 nitrogen and oxygen atoms in total. The quantitative estimate of drug-likeness (QED) is 0.795. The molecule has 0 aromatic carbocycles. The smallest absolute Gasteiger partial charge is 0.309 e. The van der Waals surface area contributed by atoms with Crippen LogP contribution in [0.2, 0.25) is 0 Å². The van der Waals surface area contributed by atoms with Gasteiger partial charge < -0.3 is 9.67 Å². The number of rotatable bonds is 3. The lowest BCUT2D eigenvalue weighted by molar-refractivity contribution is -0.136. The average molecular weight is 194 g/mol. The summed E-state index contributed by atoms with van der Waals surface area (Å²) in [6.07, 6.45) is 8.60. The largest absolute Gasteiger partial charge is 0.481 e. The van der Waals surface area contributed by atoms with E-state index < -0.39 is 5.97 Å². The summed E-state index contributed by atoms with van der Waals surface area (Å²) in [5.41, 5.74) is 0.657. The molecule has 1 saturated carbocycles. The van der Waals surface area contributed by atoms with Crippen LogP contribution in [0.1, 0.15) is 37.4 Å². The van der Waals surface area contributed by atoms with Gasteiger partial charge in [-0.2, -0.15) is 0 Å². The first-order valence-electron chi connectivity index (χ1n) is 5.00. The molecule has 1 aliphatic carbocycles. The van der Waals surface area contributed by atoms with Crippen molar-refractivity contribution in [2.45, 2.75) is 38.1 Å². The zero-order valence-corrected chi connectivity index (χ0v) is 8.02. The van der Waals surface area contributed by atoms with E-state index in [1.54, 1.807) is 6.33 Å². The second-order valence-corrected chi connectivity index (χ2v) is 3.82. The van der Waals surface area contributed by atoms with Gasteiger partial charge in [0.2, 0.25) is 0 Å². The van der Waals surface area contributed by atoms with Gasteiger partial charge in [-0.1, -0.05) is 12.8 Å². The molecule has 1 aromatic rings. The van der Waals surface area contributed by atoms with E-state index in [4.69, 9.17) is 5.11 Å². The van der Waals surface area contributed by atoms with Crippen molar-refractivity contribution in [3.05, 3.63) is 18.2 Å². The number of imidazole rings is 1. The number of carboxylic acids is 1. The van der Waals surface area contributed by atoms with Gasteiger partial charge in [0.25, 0.3) is 0 Å². The normalized spacial score (nSPS) is 17.4. The molecular formula is C10H14N2O2. The standard InChI is InChI=1S/C10H14N2O2/c13-10(14)5-8-6-12(7-11-8)9-3-1-2-4-9/h6-7,9H,1-5H2,(H,13,14). The van der Waals surface area contributed by atoms with Crippen molar-refractivity contribution >= 4 is 5.97 Å². The highest BCUT2D eigenvalue weighted by Crippen LogP contribution is 2.29. The van der Waals surface area contributed by atoms with Gasteiger partial charge in [0.15, 0.2) is 0 Å². The molecule has 0 radical (unpaired) electrons. The molecular weight excluding hydrogens is 180 g/mol. The van der Waals surface area contributed by atoms with Gasteiger partial charge in [-0.3, -0.25) is 4.79 Å². The van der Waals surface area contributed by atoms with Crippen molar-refractivity contribution in [1.82, 2.24) is 9.55 Å². The van der Waals surface area contributed by atoms with Crippen LogP contribution < -0.4 is 0 Å². The van der Waals surface area contributed by atoms with E-state index in [2.05, 4.69) is 9.55 Å². The van der Waals surface area contributed by atoms with E-state index in [1.165, 1.54) is 25.7 Å². The van der Waals surface area contributed by atoms with Crippen LogP contribution in [-0.2, 0) is 11.2 Å². The average Bonchev–Trinajstić information content (AvgIpc) is 2.69. The summed E-state index contributed by atoms with van der Waals surface area (Å²) in [5, 5.41) is 8.59. The molecule has 1 aliphatic rings. The van der Waals surface area contributed by atoms with E-state index in [9.17, 15) is 4.79 Å². The lowest BCUT2D eigenvalue weighted by Crippen LogP contribution is -2.02. The van der Waals surface area contributed by atoms with Crippen LogP contribution in [0.3, 0.4) is 0 Å². The van der Waals surface area contributed by atoms with Crippen LogP contribution in [0.15, 0.2) is 12.5 Å². The molecule has 14 heavy (non-hydrogen) atoms. The Morgan fingerprint density at radius 1 is 1.57 bits per heavy atom. The first-order valence-corrected chi connectivity index (χ1v) is 5.00. The minimum Gasteiger partial charge on any atom is -0.481 e. The molecule has 4 heteroatoms. The number of nitrogens with zero attached hydrogens (tertiary/aromatic N) is 2. The molecule has 1 aromatic heterocycles. The third-order valence-corrected chi connectivity index (χ3v) is 2.73. The molecule has 76 valence electrons. The van der Waals surface area contributed by atoms with Gasteiger partial charge in [-0.15, -0.1) is 0 Å². The monoisotopic (exact) mass is 194 g/mol. The predicted octanol–water partition coefficient (Wildman–Crippen LogP) is 1.63. The SMILES string of the molecule is O=C(O)Cc1cn(C2CCCC2)cn1. The Kier molecular flexibility index (Phi) is 2.52. The number of aliphatic carboxylic acids is 1. The highest BCUT2D eigenvalue weighted by Gasteiger charge is 2.17. The van der Waals surface area contributed by atoms with Gasteiger partial charge in [0.1, 0.15) is 0 Å². The Morgan fingerprint density at radius 2 is 2.29 bits per heavy atom. The van der Waals surface area contributed by atoms with Gasteiger partial charge in [0, 0.05) is 12.2 Å². The predicted molar refractivity (Wildman–Crippen MR) is 51.1 cm³/mol. The fraction of sp³-hybridized carbons (Fsp3) is 0.600. The summed E-state index contributed by atoms with van der Waals surface area (Å²) in [6, 6.07) is 0.546. The fourth-order valence-electron chi connectivity index (χ4n) is 2.03. The molecule has 0 bridgehead atoms. The maximum atomic E-state index is 10.4. The van der Waals surface area contributed by atoms with Crippen LogP contribution >= 0.6 is 0 Å². The number of carbonyl (C=O) groups is 1. The zero-order chi connectivity index (χ0) is 9.97. The van der Waals surface area contributed by atoms with E-state index >= 15 is 0 Å². The molecule has 0 amide bonds. The van der Waals surface area contributed by atoms with Crippen molar-refractivity contribution in [1.29, 1.82) is 0 Å². The highest BCUT2D eigenvalue weighted by molar-refractivity contribution is 5.69. The van der Waals surface area contributed by atoms with Gasteiger partial charge in [-0.05, 0) is 12.8 Å². The van der Waals surface area contributed by atoms with E-state index in [0.717, 1.165) is 0 Å². The van der Waals surface area contributed by atoms with Crippen LogP contribution in [0.25, 0.3) is 0 Å². The Balaban J connectivity index is 2.05.